The van der Waals surface area contributed by atoms with Crippen LogP contribution in [0.4, 0.5) is 0 Å². The molecular formula is C10H20ClN3O2. The largest absolute Gasteiger partial charge is 0.355 e. The molecule has 0 radical (unpaired) electrons. The zero-order chi connectivity index (χ0) is 11.1. The summed E-state index contributed by atoms with van der Waals surface area (Å²) in [6.45, 7) is 3.41. The van der Waals surface area contributed by atoms with Crippen LogP contribution in [-0.4, -0.2) is 37.5 Å². The van der Waals surface area contributed by atoms with Crippen molar-refractivity contribution >= 4 is 24.2 Å². The topological polar surface area (TPSA) is 70.2 Å². The van der Waals surface area contributed by atoms with Gasteiger partial charge in [-0.3, -0.25) is 9.59 Å². The molecule has 0 spiro atoms. The van der Waals surface area contributed by atoms with Gasteiger partial charge in [-0.2, -0.15) is 0 Å². The smallest absolute Gasteiger partial charge is 0.239 e. The first-order chi connectivity index (χ1) is 7.24. The van der Waals surface area contributed by atoms with Crippen LogP contribution < -0.4 is 16.0 Å². The lowest BCUT2D eigenvalue weighted by atomic mass is 10.0. The van der Waals surface area contributed by atoms with Crippen LogP contribution in [0.25, 0.3) is 0 Å². The van der Waals surface area contributed by atoms with E-state index in [9.17, 15) is 9.59 Å². The SMILES string of the molecule is CCNC(=O)CNC(=O)[C@H]1CCCCN1.Cl. The summed E-state index contributed by atoms with van der Waals surface area (Å²) in [6, 6.07) is -0.117. The number of hydrogen-bond acceptors (Lipinski definition) is 3. The molecule has 1 fully saturated rings. The third-order valence-corrected chi connectivity index (χ3v) is 2.42. The second kappa shape index (κ2) is 8.35. The van der Waals surface area contributed by atoms with Gasteiger partial charge in [-0.15, -0.1) is 12.4 Å². The lowest BCUT2D eigenvalue weighted by Crippen LogP contribution is -2.48. The number of rotatable bonds is 4. The molecule has 94 valence electrons. The van der Waals surface area contributed by atoms with Gasteiger partial charge in [0.2, 0.25) is 11.8 Å². The molecule has 1 saturated heterocycles. The molecule has 3 N–H and O–H groups in total. The Kier molecular flexibility index (Phi) is 7.93. The van der Waals surface area contributed by atoms with Crippen molar-refractivity contribution in [3.8, 4) is 0 Å². The number of piperidine rings is 1. The highest BCUT2D eigenvalue weighted by Crippen LogP contribution is 2.06. The van der Waals surface area contributed by atoms with Crippen LogP contribution in [-0.2, 0) is 9.59 Å². The average molecular weight is 250 g/mol. The van der Waals surface area contributed by atoms with Crippen molar-refractivity contribution in [3.05, 3.63) is 0 Å². The molecule has 1 aliphatic rings. The van der Waals surface area contributed by atoms with Crippen molar-refractivity contribution in [2.24, 2.45) is 0 Å². The molecule has 1 heterocycles. The number of likely N-dealkylation sites (N-methyl/N-ethyl adjacent to an activating group) is 1. The van der Waals surface area contributed by atoms with Gasteiger partial charge in [0, 0.05) is 6.54 Å². The van der Waals surface area contributed by atoms with Crippen LogP contribution in [0, 0.1) is 0 Å². The van der Waals surface area contributed by atoms with Gasteiger partial charge in [0.25, 0.3) is 0 Å². The number of amides is 2. The van der Waals surface area contributed by atoms with Crippen molar-refractivity contribution in [2.45, 2.75) is 32.2 Å². The van der Waals surface area contributed by atoms with Crippen LogP contribution in [0.5, 0.6) is 0 Å². The summed E-state index contributed by atoms with van der Waals surface area (Å²) in [5.41, 5.74) is 0. The van der Waals surface area contributed by atoms with Crippen molar-refractivity contribution in [3.63, 3.8) is 0 Å². The zero-order valence-corrected chi connectivity index (χ0v) is 10.4. The van der Waals surface area contributed by atoms with Crippen molar-refractivity contribution < 1.29 is 9.59 Å². The molecule has 0 aromatic rings. The molecule has 2 amide bonds. The van der Waals surface area contributed by atoms with Crippen LogP contribution in [0.2, 0.25) is 0 Å². The third-order valence-electron chi connectivity index (χ3n) is 2.42. The van der Waals surface area contributed by atoms with Crippen LogP contribution in [0.1, 0.15) is 26.2 Å². The highest BCUT2D eigenvalue weighted by molar-refractivity contribution is 5.87. The molecule has 1 rings (SSSR count). The summed E-state index contributed by atoms with van der Waals surface area (Å²) in [5, 5.41) is 8.38. The maximum absolute atomic E-state index is 11.6. The van der Waals surface area contributed by atoms with E-state index in [1.807, 2.05) is 6.92 Å². The Morgan fingerprint density at radius 1 is 1.31 bits per heavy atom. The molecule has 5 nitrogen and oxygen atoms in total. The van der Waals surface area contributed by atoms with Gasteiger partial charge in [0.05, 0.1) is 12.6 Å². The zero-order valence-electron chi connectivity index (χ0n) is 9.54. The van der Waals surface area contributed by atoms with Crippen LogP contribution in [0.3, 0.4) is 0 Å². The quantitative estimate of drug-likeness (QED) is 0.647. The van der Waals surface area contributed by atoms with Gasteiger partial charge < -0.3 is 16.0 Å². The van der Waals surface area contributed by atoms with E-state index in [2.05, 4.69) is 16.0 Å². The third kappa shape index (κ3) is 5.32. The Morgan fingerprint density at radius 3 is 2.62 bits per heavy atom. The molecular weight excluding hydrogens is 230 g/mol. The number of nitrogens with one attached hydrogen (secondary N) is 3. The van der Waals surface area contributed by atoms with Gasteiger partial charge in [-0.25, -0.2) is 0 Å². The number of carbonyl (C=O) groups excluding carboxylic acids is 2. The number of halogens is 1. The maximum Gasteiger partial charge on any atom is 0.239 e. The Morgan fingerprint density at radius 2 is 2.06 bits per heavy atom. The van der Waals surface area contributed by atoms with Gasteiger partial charge in [0.15, 0.2) is 0 Å². The van der Waals surface area contributed by atoms with E-state index < -0.39 is 0 Å². The number of carbonyl (C=O) groups is 2. The van der Waals surface area contributed by atoms with Crippen molar-refractivity contribution in [2.75, 3.05) is 19.6 Å². The lowest BCUT2D eigenvalue weighted by Gasteiger charge is -2.22. The van der Waals surface area contributed by atoms with Crippen molar-refractivity contribution in [1.82, 2.24) is 16.0 Å². The summed E-state index contributed by atoms with van der Waals surface area (Å²) in [4.78, 5) is 22.6. The first kappa shape index (κ1) is 15.2. The second-order valence-electron chi connectivity index (χ2n) is 3.67. The van der Waals surface area contributed by atoms with E-state index >= 15 is 0 Å². The Balaban J connectivity index is 0.00000225. The molecule has 16 heavy (non-hydrogen) atoms. The van der Waals surface area contributed by atoms with E-state index in [1.54, 1.807) is 0 Å². The summed E-state index contributed by atoms with van der Waals surface area (Å²) in [5.74, 6) is -0.206. The van der Waals surface area contributed by atoms with Crippen LogP contribution in [0.15, 0.2) is 0 Å². The molecule has 0 saturated carbocycles. The normalized spacial score (nSPS) is 19.4. The molecule has 0 bridgehead atoms. The van der Waals surface area contributed by atoms with Crippen molar-refractivity contribution in [1.29, 1.82) is 0 Å². The van der Waals surface area contributed by atoms with Gasteiger partial charge in [-0.1, -0.05) is 6.42 Å². The molecule has 1 aliphatic heterocycles. The molecule has 1 atom stereocenters. The first-order valence-corrected chi connectivity index (χ1v) is 5.52. The van der Waals surface area contributed by atoms with E-state index in [0.29, 0.717) is 6.54 Å². The Labute approximate surface area is 102 Å². The monoisotopic (exact) mass is 249 g/mol. The van der Waals surface area contributed by atoms with Crippen LogP contribution >= 0.6 is 12.4 Å². The predicted octanol–water partition coefficient (Wildman–Crippen LogP) is -0.197. The highest BCUT2D eigenvalue weighted by Gasteiger charge is 2.20. The minimum absolute atomic E-state index is 0. The predicted molar refractivity (Wildman–Crippen MR) is 64.6 cm³/mol. The van der Waals surface area contributed by atoms with Gasteiger partial charge >= 0.3 is 0 Å². The Bertz CT molecular complexity index is 230. The molecule has 6 heteroatoms. The minimum Gasteiger partial charge on any atom is -0.355 e. The second-order valence-corrected chi connectivity index (χ2v) is 3.67. The fourth-order valence-corrected chi connectivity index (χ4v) is 1.63. The summed E-state index contributed by atoms with van der Waals surface area (Å²) in [7, 11) is 0. The number of hydrogen-bond donors (Lipinski definition) is 3. The average Bonchev–Trinajstić information content (AvgIpc) is 2.27. The summed E-state index contributed by atoms with van der Waals surface area (Å²) in [6.07, 6.45) is 3.06. The maximum atomic E-state index is 11.6. The molecule has 0 aromatic heterocycles. The Hall–Kier alpha value is -0.810. The standard InChI is InChI=1S/C10H19N3O2.ClH/c1-2-11-9(14)7-13-10(15)8-5-3-4-6-12-8;/h8,12H,2-7H2,1H3,(H,11,14)(H,13,15);1H/t8-;/m1./s1. The summed E-state index contributed by atoms with van der Waals surface area (Å²) >= 11 is 0. The molecule has 0 aromatic carbocycles. The van der Waals surface area contributed by atoms with E-state index in [1.165, 1.54) is 0 Å². The fourth-order valence-electron chi connectivity index (χ4n) is 1.63. The summed E-state index contributed by atoms with van der Waals surface area (Å²) < 4.78 is 0. The highest BCUT2D eigenvalue weighted by atomic mass is 35.5. The lowest BCUT2D eigenvalue weighted by molar-refractivity contribution is -0.127. The van der Waals surface area contributed by atoms with Gasteiger partial charge in [0.1, 0.15) is 0 Å². The molecule has 0 aliphatic carbocycles. The molecule has 0 unspecified atom stereocenters. The first-order valence-electron chi connectivity index (χ1n) is 5.52. The van der Waals surface area contributed by atoms with E-state index in [-0.39, 0.29) is 36.8 Å². The minimum atomic E-state index is -0.137. The fraction of sp³-hybridized carbons (Fsp3) is 0.800. The van der Waals surface area contributed by atoms with E-state index in [4.69, 9.17) is 0 Å². The van der Waals surface area contributed by atoms with Gasteiger partial charge in [-0.05, 0) is 26.3 Å². The van der Waals surface area contributed by atoms with E-state index in [0.717, 1.165) is 25.8 Å².